The predicted molar refractivity (Wildman–Crippen MR) is 71.0 cm³/mol. The van der Waals surface area contributed by atoms with Gasteiger partial charge in [0.2, 0.25) is 0 Å². The molecule has 0 aromatic carbocycles. The third-order valence-electron chi connectivity index (χ3n) is 3.67. The van der Waals surface area contributed by atoms with Gasteiger partial charge in [-0.1, -0.05) is 40.0 Å². The Kier molecular flexibility index (Phi) is 5.73. The molecule has 0 bridgehead atoms. The molecule has 0 spiro atoms. The Bertz CT molecular complexity index is 289. The smallest absolute Gasteiger partial charge is 0.197 e. The lowest BCUT2D eigenvalue weighted by molar-refractivity contribution is -0.117. The summed E-state index contributed by atoms with van der Waals surface area (Å²) in [7, 11) is 0. The van der Waals surface area contributed by atoms with Crippen LogP contribution in [0, 0.1) is 11.8 Å². The normalized spacial score (nSPS) is 18.2. The highest BCUT2D eigenvalue weighted by atomic mass is 16.3. The van der Waals surface area contributed by atoms with Crippen LogP contribution in [0.2, 0.25) is 0 Å². The van der Waals surface area contributed by atoms with E-state index in [0.29, 0.717) is 12.3 Å². The monoisotopic (exact) mass is 238 g/mol. The predicted octanol–water partition coefficient (Wildman–Crippen LogP) is 4.40. The Morgan fingerprint density at radius 3 is 2.35 bits per heavy atom. The molecule has 0 amide bonds. The maximum absolute atomic E-state index is 11.2. The minimum atomic E-state index is -0.0625. The molecule has 0 aliphatic heterocycles. The minimum Gasteiger partial charge on any atom is -0.504 e. The largest absolute Gasteiger partial charge is 0.504 e. The van der Waals surface area contributed by atoms with Crippen LogP contribution in [-0.2, 0) is 4.79 Å². The number of aliphatic hydroxyl groups excluding tert-OH is 1. The molecule has 0 heterocycles. The number of hydrogen-bond donors (Lipinski definition) is 1. The standard InChI is InChI=1S/C15H26O2/c1-11(2)5-4-6-12(3)7-8-13-9-10-14(16)15(13)17/h11-12,17H,4-10H2,1-3H3/t12-/m0/s1. The van der Waals surface area contributed by atoms with Crippen LogP contribution in [0.15, 0.2) is 11.3 Å². The average Bonchev–Trinajstić information content (AvgIpc) is 2.57. The lowest BCUT2D eigenvalue weighted by Crippen LogP contribution is -1.99. The lowest BCUT2D eigenvalue weighted by Gasteiger charge is -2.12. The first-order valence-corrected chi connectivity index (χ1v) is 6.95. The van der Waals surface area contributed by atoms with E-state index in [1.165, 1.54) is 19.3 Å². The van der Waals surface area contributed by atoms with E-state index in [1.807, 2.05) is 0 Å². The number of aliphatic hydroxyl groups is 1. The summed E-state index contributed by atoms with van der Waals surface area (Å²) >= 11 is 0. The van der Waals surface area contributed by atoms with Crippen LogP contribution < -0.4 is 0 Å². The van der Waals surface area contributed by atoms with Crippen molar-refractivity contribution in [3.05, 3.63) is 11.3 Å². The molecule has 0 aromatic heterocycles. The van der Waals surface area contributed by atoms with Crippen molar-refractivity contribution in [3.8, 4) is 0 Å². The molecule has 1 aliphatic rings. The van der Waals surface area contributed by atoms with E-state index in [9.17, 15) is 9.90 Å². The number of carbonyl (C=O) groups excluding carboxylic acids is 1. The van der Waals surface area contributed by atoms with Gasteiger partial charge in [0.05, 0.1) is 0 Å². The molecule has 0 unspecified atom stereocenters. The first-order chi connectivity index (χ1) is 8.00. The van der Waals surface area contributed by atoms with Crippen LogP contribution in [0.5, 0.6) is 0 Å². The summed E-state index contributed by atoms with van der Waals surface area (Å²) in [5, 5.41) is 9.55. The average molecular weight is 238 g/mol. The molecule has 0 fully saturated rings. The SMILES string of the molecule is CC(C)CCC[C@H](C)CCC1=C(O)C(=O)CC1. The van der Waals surface area contributed by atoms with E-state index in [1.54, 1.807) is 0 Å². The number of allylic oxidation sites excluding steroid dienone is 2. The highest BCUT2D eigenvalue weighted by Gasteiger charge is 2.21. The van der Waals surface area contributed by atoms with Crippen LogP contribution in [0.4, 0.5) is 0 Å². The molecule has 1 atom stereocenters. The minimum absolute atomic E-state index is 0.0625. The molecule has 2 heteroatoms. The number of rotatable bonds is 7. The molecule has 0 saturated carbocycles. The third-order valence-corrected chi connectivity index (χ3v) is 3.67. The van der Waals surface area contributed by atoms with Gasteiger partial charge in [0.25, 0.3) is 0 Å². The van der Waals surface area contributed by atoms with E-state index in [0.717, 1.165) is 30.8 Å². The van der Waals surface area contributed by atoms with E-state index in [-0.39, 0.29) is 11.5 Å². The third kappa shape index (κ3) is 4.93. The number of Topliss-reactive ketones (excluding diaryl/α,β-unsaturated/α-hetero) is 1. The van der Waals surface area contributed by atoms with Gasteiger partial charge in [-0.2, -0.15) is 0 Å². The fraction of sp³-hybridized carbons (Fsp3) is 0.800. The van der Waals surface area contributed by atoms with Gasteiger partial charge < -0.3 is 5.11 Å². The van der Waals surface area contributed by atoms with Crippen LogP contribution in [-0.4, -0.2) is 10.9 Å². The fourth-order valence-corrected chi connectivity index (χ4v) is 2.38. The van der Waals surface area contributed by atoms with Crippen molar-refractivity contribution in [2.45, 2.75) is 65.7 Å². The lowest BCUT2D eigenvalue weighted by atomic mass is 9.94. The van der Waals surface area contributed by atoms with Crippen molar-refractivity contribution in [1.82, 2.24) is 0 Å². The Morgan fingerprint density at radius 2 is 1.82 bits per heavy atom. The number of ketones is 1. The van der Waals surface area contributed by atoms with Gasteiger partial charge in [0.1, 0.15) is 0 Å². The summed E-state index contributed by atoms with van der Waals surface area (Å²) in [6.07, 6.45) is 7.16. The fourth-order valence-electron chi connectivity index (χ4n) is 2.38. The van der Waals surface area contributed by atoms with Gasteiger partial charge in [-0.3, -0.25) is 4.79 Å². The maximum Gasteiger partial charge on any atom is 0.197 e. The summed E-state index contributed by atoms with van der Waals surface area (Å²) in [6, 6.07) is 0. The summed E-state index contributed by atoms with van der Waals surface area (Å²) in [4.78, 5) is 11.2. The number of hydrogen-bond acceptors (Lipinski definition) is 2. The summed E-state index contributed by atoms with van der Waals surface area (Å²) in [5.74, 6) is 1.50. The first kappa shape index (κ1) is 14.3. The second-order valence-corrected chi connectivity index (χ2v) is 5.84. The molecule has 0 radical (unpaired) electrons. The highest BCUT2D eigenvalue weighted by Crippen LogP contribution is 2.27. The van der Waals surface area contributed by atoms with Crippen molar-refractivity contribution in [1.29, 1.82) is 0 Å². The van der Waals surface area contributed by atoms with Crippen molar-refractivity contribution in [3.63, 3.8) is 0 Å². The van der Waals surface area contributed by atoms with Crippen LogP contribution in [0.25, 0.3) is 0 Å². The first-order valence-electron chi connectivity index (χ1n) is 6.95. The van der Waals surface area contributed by atoms with Crippen LogP contribution >= 0.6 is 0 Å². The van der Waals surface area contributed by atoms with Gasteiger partial charge in [0, 0.05) is 6.42 Å². The van der Waals surface area contributed by atoms with Gasteiger partial charge >= 0.3 is 0 Å². The zero-order valence-electron chi connectivity index (χ0n) is 11.5. The van der Waals surface area contributed by atoms with E-state index in [2.05, 4.69) is 20.8 Å². The van der Waals surface area contributed by atoms with Crippen molar-refractivity contribution in [2.24, 2.45) is 11.8 Å². The molecular formula is C15H26O2. The highest BCUT2D eigenvalue weighted by molar-refractivity contribution is 5.96. The summed E-state index contributed by atoms with van der Waals surface area (Å²) in [5.41, 5.74) is 0.991. The van der Waals surface area contributed by atoms with Crippen LogP contribution in [0.3, 0.4) is 0 Å². The van der Waals surface area contributed by atoms with Gasteiger partial charge in [-0.25, -0.2) is 0 Å². The molecule has 2 nitrogen and oxygen atoms in total. The molecule has 1 rings (SSSR count). The summed E-state index contributed by atoms with van der Waals surface area (Å²) in [6.45, 7) is 6.80. The quantitative estimate of drug-likeness (QED) is 0.713. The van der Waals surface area contributed by atoms with Gasteiger partial charge in [-0.15, -0.1) is 0 Å². The second-order valence-electron chi connectivity index (χ2n) is 5.84. The van der Waals surface area contributed by atoms with Crippen molar-refractivity contribution < 1.29 is 9.90 Å². The van der Waals surface area contributed by atoms with E-state index < -0.39 is 0 Å². The molecule has 17 heavy (non-hydrogen) atoms. The van der Waals surface area contributed by atoms with Crippen molar-refractivity contribution in [2.75, 3.05) is 0 Å². The topological polar surface area (TPSA) is 37.3 Å². The number of carbonyl (C=O) groups is 1. The Hall–Kier alpha value is -0.790. The Morgan fingerprint density at radius 1 is 1.12 bits per heavy atom. The zero-order valence-corrected chi connectivity index (χ0v) is 11.5. The van der Waals surface area contributed by atoms with Gasteiger partial charge in [-0.05, 0) is 36.7 Å². The Balaban J connectivity index is 2.20. The maximum atomic E-state index is 11.2. The van der Waals surface area contributed by atoms with Crippen LogP contribution in [0.1, 0.15) is 65.7 Å². The summed E-state index contributed by atoms with van der Waals surface area (Å²) < 4.78 is 0. The molecule has 1 aliphatic carbocycles. The second kappa shape index (κ2) is 6.83. The molecule has 98 valence electrons. The molecular weight excluding hydrogens is 212 g/mol. The van der Waals surface area contributed by atoms with E-state index >= 15 is 0 Å². The Labute approximate surface area is 105 Å². The van der Waals surface area contributed by atoms with E-state index in [4.69, 9.17) is 0 Å². The van der Waals surface area contributed by atoms with Crippen molar-refractivity contribution >= 4 is 5.78 Å². The zero-order chi connectivity index (χ0) is 12.8. The molecule has 1 N–H and O–H groups in total. The molecule has 0 aromatic rings. The molecule has 0 saturated heterocycles. The van der Waals surface area contributed by atoms with Gasteiger partial charge in [0.15, 0.2) is 11.5 Å².